The van der Waals surface area contributed by atoms with E-state index in [1.165, 1.54) is 26.3 Å². The Hall–Kier alpha value is -4.64. The van der Waals surface area contributed by atoms with Crippen LogP contribution in [0.3, 0.4) is 0 Å². The smallest absolute Gasteiger partial charge is 0.337 e. The average molecular weight is 678 g/mol. The van der Waals surface area contributed by atoms with Crippen molar-refractivity contribution in [2.24, 2.45) is 0 Å². The van der Waals surface area contributed by atoms with Gasteiger partial charge in [-0.1, -0.05) is 56.3 Å². The van der Waals surface area contributed by atoms with Crippen LogP contribution in [0, 0.1) is 5.82 Å². The van der Waals surface area contributed by atoms with Crippen molar-refractivity contribution in [2.75, 3.05) is 26.3 Å². The minimum absolute atomic E-state index is 0.0673. The zero-order chi connectivity index (χ0) is 34.8. The predicted octanol–water partition coefficient (Wildman–Crippen LogP) is 6.29. The fourth-order valence-corrected chi connectivity index (χ4v) is 7.36. The third-order valence-corrected chi connectivity index (χ3v) is 10.2. The zero-order valence-electron chi connectivity index (χ0n) is 28.6. The second-order valence-corrected chi connectivity index (χ2v) is 13.9. The third-order valence-electron chi connectivity index (χ3n) is 10.2. The summed E-state index contributed by atoms with van der Waals surface area (Å²) in [5, 5.41) is 14.1. The quantitative estimate of drug-likeness (QED) is 0.189. The van der Waals surface area contributed by atoms with Crippen molar-refractivity contribution in [2.45, 2.75) is 70.6 Å². The van der Waals surface area contributed by atoms with Crippen molar-refractivity contribution < 1.29 is 14.2 Å². The molecule has 0 radical (unpaired) electrons. The molecule has 260 valence electrons. The van der Waals surface area contributed by atoms with Crippen LogP contribution in [-0.4, -0.2) is 56.5 Å². The largest absolute Gasteiger partial charge is 0.508 e. The number of rotatable bonds is 9. The first kappa shape index (κ1) is 33.8. The lowest BCUT2D eigenvalue weighted by atomic mass is 9.90. The molecule has 0 spiro atoms. The van der Waals surface area contributed by atoms with E-state index in [4.69, 9.17) is 4.74 Å². The molecule has 2 N–H and O–H groups in total. The highest BCUT2D eigenvalue weighted by Gasteiger charge is 2.27. The molecule has 2 aliphatic rings. The number of benzene rings is 3. The highest BCUT2D eigenvalue weighted by atomic mass is 19.1. The SMILES string of the molecule is CC(C)c1ccc(CN[C@H]2CC[C@@H](n3c(=O)c4cc(F)cnc4n(-c4cccc(-c5ccc(O)cc5CN5CCOCC5)c4)c3=O)CC2)cc1. The molecule has 1 aliphatic carbocycles. The Morgan fingerprint density at radius 1 is 0.960 bits per heavy atom. The molecule has 2 fully saturated rings. The number of phenols is 1. The van der Waals surface area contributed by atoms with Gasteiger partial charge in [0.1, 0.15) is 11.6 Å². The van der Waals surface area contributed by atoms with Gasteiger partial charge in [0.25, 0.3) is 5.56 Å². The fraction of sp³-hybridized carbons (Fsp3) is 0.375. The summed E-state index contributed by atoms with van der Waals surface area (Å²) in [6.07, 6.45) is 3.95. The Labute approximate surface area is 291 Å². The van der Waals surface area contributed by atoms with Crippen molar-refractivity contribution in [1.29, 1.82) is 0 Å². The first-order valence-electron chi connectivity index (χ1n) is 17.6. The summed E-state index contributed by atoms with van der Waals surface area (Å²) in [5.41, 5.74) is 4.89. The molecule has 0 bridgehead atoms. The van der Waals surface area contributed by atoms with Crippen LogP contribution in [0.1, 0.15) is 68.2 Å². The average Bonchev–Trinajstić information content (AvgIpc) is 3.12. The number of aromatic nitrogens is 3. The molecule has 3 heterocycles. The molecule has 0 atom stereocenters. The Bertz CT molecular complexity index is 2090. The maximum absolute atomic E-state index is 14.6. The molecule has 1 saturated carbocycles. The number of nitrogens with one attached hydrogen (secondary N) is 1. The zero-order valence-corrected chi connectivity index (χ0v) is 28.6. The van der Waals surface area contributed by atoms with Gasteiger partial charge in [-0.3, -0.25) is 14.3 Å². The summed E-state index contributed by atoms with van der Waals surface area (Å²) < 4.78 is 22.9. The number of ether oxygens (including phenoxy) is 1. The van der Waals surface area contributed by atoms with Crippen LogP contribution in [0.4, 0.5) is 4.39 Å². The monoisotopic (exact) mass is 677 g/mol. The number of hydrogen-bond acceptors (Lipinski definition) is 7. The summed E-state index contributed by atoms with van der Waals surface area (Å²) in [5.74, 6) is 0.0365. The maximum Gasteiger partial charge on any atom is 0.337 e. The number of hydrogen-bond donors (Lipinski definition) is 2. The van der Waals surface area contributed by atoms with E-state index in [1.807, 2.05) is 24.3 Å². The van der Waals surface area contributed by atoms with Crippen LogP contribution < -0.4 is 16.6 Å². The van der Waals surface area contributed by atoms with Crippen molar-refractivity contribution in [3.8, 4) is 22.6 Å². The predicted molar refractivity (Wildman–Crippen MR) is 193 cm³/mol. The Morgan fingerprint density at radius 3 is 2.46 bits per heavy atom. The summed E-state index contributed by atoms with van der Waals surface area (Å²) in [6.45, 7) is 8.68. The van der Waals surface area contributed by atoms with E-state index >= 15 is 0 Å². The number of pyridine rings is 1. The molecular formula is C40H44FN5O4. The van der Waals surface area contributed by atoms with Crippen LogP contribution >= 0.6 is 0 Å². The van der Waals surface area contributed by atoms with Crippen LogP contribution in [-0.2, 0) is 17.8 Å². The van der Waals surface area contributed by atoms with Gasteiger partial charge in [0, 0.05) is 38.3 Å². The Morgan fingerprint density at radius 2 is 1.72 bits per heavy atom. The number of fused-ring (bicyclic) bond motifs is 1. The Kier molecular flexibility index (Phi) is 9.94. The molecule has 10 heteroatoms. The molecule has 0 unspecified atom stereocenters. The highest BCUT2D eigenvalue weighted by molar-refractivity contribution is 5.77. The lowest BCUT2D eigenvalue weighted by Gasteiger charge is -2.30. The van der Waals surface area contributed by atoms with E-state index in [0.717, 1.165) is 55.4 Å². The second kappa shape index (κ2) is 14.7. The van der Waals surface area contributed by atoms with Crippen molar-refractivity contribution in [3.63, 3.8) is 0 Å². The number of aromatic hydroxyl groups is 1. The lowest BCUT2D eigenvalue weighted by molar-refractivity contribution is 0.0342. The van der Waals surface area contributed by atoms with Gasteiger partial charge < -0.3 is 15.2 Å². The van der Waals surface area contributed by atoms with Crippen LogP contribution in [0.5, 0.6) is 5.75 Å². The van der Waals surface area contributed by atoms with Crippen molar-refractivity contribution in [3.05, 3.63) is 122 Å². The second-order valence-electron chi connectivity index (χ2n) is 13.9. The van der Waals surface area contributed by atoms with Gasteiger partial charge in [-0.05, 0) is 89.8 Å². The lowest BCUT2D eigenvalue weighted by Crippen LogP contribution is -2.44. The maximum atomic E-state index is 14.6. The Balaban J connectivity index is 1.19. The summed E-state index contributed by atoms with van der Waals surface area (Å²) in [7, 11) is 0. The summed E-state index contributed by atoms with van der Waals surface area (Å²) in [6, 6.07) is 22.7. The van der Waals surface area contributed by atoms with Gasteiger partial charge in [0.15, 0.2) is 5.65 Å². The number of phenolic OH excluding ortho intramolecular Hbond substituents is 1. The number of nitrogens with zero attached hydrogens (tertiary/aromatic N) is 4. The van der Waals surface area contributed by atoms with Crippen LogP contribution in [0.25, 0.3) is 27.8 Å². The summed E-state index contributed by atoms with van der Waals surface area (Å²) in [4.78, 5) is 34.9. The van der Waals surface area contributed by atoms with E-state index in [-0.39, 0.29) is 28.9 Å². The molecule has 1 saturated heterocycles. The van der Waals surface area contributed by atoms with Gasteiger partial charge in [-0.25, -0.2) is 18.7 Å². The minimum Gasteiger partial charge on any atom is -0.508 e. The third kappa shape index (κ3) is 7.14. The topological polar surface area (TPSA) is 102 Å². The van der Waals surface area contributed by atoms with E-state index in [9.17, 15) is 19.1 Å². The van der Waals surface area contributed by atoms with Crippen molar-refractivity contribution in [1.82, 2.24) is 24.3 Å². The molecule has 0 amide bonds. The van der Waals surface area contributed by atoms with Crippen molar-refractivity contribution >= 4 is 11.0 Å². The molecule has 5 aromatic rings. The molecule has 7 rings (SSSR count). The van der Waals surface area contributed by atoms with Crippen LogP contribution in [0.2, 0.25) is 0 Å². The highest BCUT2D eigenvalue weighted by Crippen LogP contribution is 2.31. The van der Waals surface area contributed by atoms with Gasteiger partial charge in [-0.15, -0.1) is 0 Å². The molecule has 1 aliphatic heterocycles. The summed E-state index contributed by atoms with van der Waals surface area (Å²) >= 11 is 0. The first-order chi connectivity index (χ1) is 24.2. The number of morpholine rings is 1. The standard InChI is InChI=1S/C40H44FN5O4/c1-26(2)28-8-6-27(7-9-28)23-42-32-10-12-33(13-11-32)46-39(48)37-22-31(41)24-43-38(37)45(40(46)49)34-5-3-4-29(20-34)36-15-14-35(47)21-30(36)25-44-16-18-50-19-17-44/h3-9,14-15,20-22,24,26,32-33,42,47H,10-13,16-19,23,25H2,1-2H3/t32-,33+. The molecule has 50 heavy (non-hydrogen) atoms. The first-order valence-corrected chi connectivity index (χ1v) is 17.6. The molecule has 2 aromatic heterocycles. The van der Waals surface area contributed by atoms with Crippen LogP contribution in [0.15, 0.2) is 88.6 Å². The van der Waals surface area contributed by atoms with E-state index in [1.54, 1.807) is 18.2 Å². The van der Waals surface area contributed by atoms with Gasteiger partial charge >= 0.3 is 5.69 Å². The normalized spacial score (nSPS) is 18.6. The number of halogens is 1. The minimum atomic E-state index is -0.633. The van der Waals surface area contributed by atoms with Gasteiger partial charge in [-0.2, -0.15) is 0 Å². The van der Waals surface area contributed by atoms with Gasteiger partial charge in [0.05, 0.1) is 30.5 Å². The van der Waals surface area contributed by atoms with E-state index in [2.05, 4.69) is 53.3 Å². The van der Waals surface area contributed by atoms with Gasteiger partial charge in [0.2, 0.25) is 0 Å². The van der Waals surface area contributed by atoms with E-state index in [0.29, 0.717) is 44.2 Å². The van der Waals surface area contributed by atoms with E-state index < -0.39 is 17.1 Å². The molecule has 9 nitrogen and oxygen atoms in total. The fourth-order valence-electron chi connectivity index (χ4n) is 7.36. The molecule has 3 aromatic carbocycles. The molecular weight excluding hydrogens is 633 g/mol.